The van der Waals surface area contributed by atoms with Crippen LogP contribution < -0.4 is 5.32 Å². The lowest BCUT2D eigenvalue weighted by Crippen LogP contribution is -2.58. The molecule has 1 aliphatic heterocycles. The molecule has 1 atom stereocenters. The van der Waals surface area contributed by atoms with Crippen molar-refractivity contribution in [2.24, 2.45) is 0 Å². The highest BCUT2D eigenvalue weighted by Crippen LogP contribution is 2.28. The second kappa shape index (κ2) is 5.74. The van der Waals surface area contributed by atoms with Crippen LogP contribution in [0.2, 0.25) is 0 Å². The maximum absolute atomic E-state index is 12.1. The van der Waals surface area contributed by atoms with Crippen molar-refractivity contribution < 1.29 is 4.79 Å². The van der Waals surface area contributed by atoms with E-state index in [9.17, 15) is 4.79 Å². The molecule has 1 aromatic carbocycles. The predicted molar refractivity (Wildman–Crippen MR) is 87.8 cm³/mol. The lowest BCUT2D eigenvalue weighted by Gasteiger charge is -2.38. The summed E-state index contributed by atoms with van der Waals surface area (Å²) in [6.07, 6.45) is 1.82. The zero-order valence-electron chi connectivity index (χ0n) is 13.4. The predicted octanol–water partition coefficient (Wildman–Crippen LogP) is 1.62. The third kappa shape index (κ3) is 2.70. The molecule has 7 nitrogen and oxygen atoms in total. The minimum atomic E-state index is -0.773. The van der Waals surface area contributed by atoms with Crippen LogP contribution in [0.1, 0.15) is 24.6 Å². The smallest absolute Gasteiger partial charge is 0.231 e. The third-order valence-electron chi connectivity index (χ3n) is 4.08. The molecule has 0 bridgehead atoms. The van der Waals surface area contributed by atoms with Crippen molar-refractivity contribution in [2.75, 3.05) is 7.05 Å². The average molecular weight is 320 g/mol. The lowest BCUT2D eigenvalue weighted by atomic mass is 9.90. The molecular formula is C17H16N6O. The molecule has 1 fully saturated rings. The summed E-state index contributed by atoms with van der Waals surface area (Å²) in [5, 5.41) is 20.0. The molecule has 2 heterocycles. The second-order valence-electron chi connectivity index (χ2n) is 5.89. The number of guanidine groups is 1. The van der Waals surface area contributed by atoms with Gasteiger partial charge in [-0.25, -0.2) is 9.97 Å². The Hall–Kier alpha value is -3.27. The molecule has 0 aliphatic carbocycles. The molecule has 1 aromatic heterocycles. The number of nitrogens with zero attached hydrogens (tertiary/aromatic N) is 4. The number of nitrogens with one attached hydrogen (secondary N) is 2. The second-order valence-corrected chi connectivity index (χ2v) is 5.89. The minimum absolute atomic E-state index is 0.0420. The monoisotopic (exact) mass is 320 g/mol. The maximum atomic E-state index is 12.1. The number of benzene rings is 1. The molecule has 24 heavy (non-hydrogen) atoms. The van der Waals surface area contributed by atoms with Gasteiger partial charge in [0.15, 0.2) is 11.8 Å². The molecule has 0 saturated carbocycles. The molecule has 1 saturated heterocycles. The Balaban J connectivity index is 2.00. The van der Waals surface area contributed by atoms with Crippen LogP contribution in [0.3, 0.4) is 0 Å². The van der Waals surface area contributed by atoms with Gasteiger partial charge < -0.3 is 5.32 Å². The van der Waals surface area contributed by atoms with Gasteiger partial charge in [-0.1, -0.05) is 12.1 Å². The molecule has 1 aliphatic rings. The lowest BCUT2D eigenvalue weighted by molar-refractivity contribution is -0.129. The van der Waals surface area contributed by atoms with Gasteiger partial charge in [-0.3, -0.25) is 15.1 Å². The van der Waals surface area contributed by atoms with Gasteiger partial charge in [0.05, 0.1) is 29.3 Å². The highest BCUT2D eigenvalue weighted by molar-refractivity contribution is 5.98. The summed E-state index contributed by atoms with van der Waals surface area (Å²) in [4.78, 5) is 22.2. The first-order valence-electron chi connectivity index (χ1n) is 7.40. The fourth-order valence-corrected chi connectivity index (χ4v) is 2.62. The van der Waals surface area contributed by atoms with Gasteiger partial charge in [-0.05, 0) is 25.1 Å². The van der Waals surface area contributed by atoms with E-state index in [2.05, 4.69) is 21.4 Å². The van der Waals surface area contributed by atoms with Crippen molar-refractivity contribution in [3.05, 3.63) is 47.8 Å². The first kappa shape index (κ1) is 15.6. The number of hydrogen-bond donors (Lipinski definition) is 2. The van der Waals surface area contributed by atoms with Crippen molar-refractivity contribution in [2.45, 2.75) is 18.9 Å². The summed E-state index contributed by atoms with van der Waals surface area (Å²) in [5.41, 5.74) is 1.11. The number of carbonyl (C=O) groups excluding carboxylic acids is 1. The van der Waals surface area contributed by atoms with E-state index >= 15 is 0 Å². The summed E-state index contributed by atoms with van der Waals surface area (Å²) in [5.74, 6) is 0.374. The van der Waals surface area contributed by atoms with Crippen molar-refractivity contribution in [3.63, 3.8) is 0 Å². The van der Waals surface area contributed by atoms with E-state index in [1.165, 1.54) is 4.90 Å². The first-order chi connectivity index (χ1) is 11.4. The fourth-order valence-electron chi connectivity index (χ4n) is 2.62. The van der Waals surface area contributed by atoms with E-state index in [1.54, 1.807) is 37.5 Å². The summed E-state index contributed by atoms with van der Waals surface area (Å²) >= 11 is 0. The Morgan fingerprint density at radius 1 is 1.42 bits per heavy atom. The Bertz CT molecular complexity index is 851. The molecule has 1 amide bonds. The first-order valence-corrected chi connectivity index (χ1v) is 7.40. The summed E-state index contributed by atoms with van der Waals surface area (Å²) in [6, 6.07) is 10.9. The van der Waals surface area contributed by atoms with Gasteiger partial charge in [0.25, 0.3) is 0 Å². The highest BCUT2D eigenvalue weighted by Gasteiger charge is 2.39. The topological polar surface area (TPSA) is 106 Å². The van der Waals surface area contributed by atoms with Crippen molar-refractivity contribution in [1.29, 1.82) is 10.7 Å². The van der Waals surface area contributed by atoms with Crippen molar-refractivity contribution in [1.82, 2.24) is 20.2 Å². The van der Waals surface area contributed by atoms with Crippen LogP contribution in [-0.2, 0) is 10.3 Å². The van der Waals surface area contributed by atoms with Gasteiger partial charge >= 0.3 is 0 Å². The van der Waals surface area contributed by atoms with Crippen LogP contribution in [0, 0.1) is 16.7 Å². The Labute approximate surface area is 139 Å². The summed E-state index contributed by atoms with van der Waals surface area (Å²) in [7, 11) is 1.57. The molecule has 0 unspecified atom stereocenters. The molecule has 3 rings (SSSR count). The van der Waals surface area contributed by atoms with Gasteiger partial charge in [0.2, 0.25) is 5.91 Å². The molecule has 2 N–H and O–H groups in total. The van der Waals surface area contributed by atoms with Crippen LogP contribution in [-0.4, -0.2) is 33.8 Å². The third-order valence-corrected chi connectivity index (χ3v) is 4.08. The largest absolute Gasteiger partial charge is 0.345 e. The van der Waals surface area contributed by atoms with Gasteiger partial charge in [-0.15, -0.1) is 0 Å². The zero-order chi connectivity index (χ0) is 17.3. The number of aromatic nitrogens is 2. The summed E-state index contributed by atoms with van der Waals surface area (Å²) in [6.45, 7) is 1.84. The minimum Gasteiger partial charge on any atom is -0.345 e. The van der Waals surface area contributed by atoms with Gasteiger partial charge in [-0.2, -0.15) is 5.26 Å². The number of carbonyl (C=O) groups is 1. The SMILES string of the molecule is CN1C(=N)N[C@](C)(c2ccnc(-c3cccc(C#N)c3)n2)CC1=O. The highest BCUT2D eigenvalue weighted by atomic mass is 16.2. The average Bonchev–Trinajstić information content (AvgIpc) is 2.60. The molecule has 7 heteroatoms. The van der Waals surface area contributed by atoms with E-state index in [0.717, 1.165) is 5.56 Å². The quantitative estimate of drug-likeness (QED) is 0.874. The van der Waals surface area contributed by atoms with Crippen LogP contribution in [0.25, 0.3) is 11.4 Å². The molecule has 0 radical (unpaired) electrons. The normalized spacial score (nSPS) is 20.5. The van der Waals surface area contributed by atoms with Crippen molar-refractivity contribution in [3.8, 4) is 17.5 Å². The zero-order valence-corrected chi connectivity index (χ0v) is 13.4. The van der Waals surface area contributed by atoms with Crippen LogP contribution in [0.4, 0.5) is 0 Å². The fraction of sp³-hybridized carbons (Fsp3) is 0.235. The van der Waals surface area contributed by atoms with E-state index in [0.29, 0.717) is 17.1 Å². The van der Waals surface area contributed by atoms with E-state index in [4.69, 9.17) is 10.7 Å². The standard InChI is InChI=1S/C17H16N6O/c1-17(9-14(24)23(2)16(19)22-17)13-6-7-20-15(21-13)12-5-3-4-11(8-12)10-18/h3-8H,9H2,1-2H3,(H2,19,22)/t17-/m0/s1. The van der Waals surface area contributed by atoms with E-state index < -0.39 is 5.54 Å². The molecule has 120 valence electrons. The van der Waals surface area contributed by atoms with E-state index in [-0.39, 0.29) is 18.3 Å². The maximum Gasteiger partial charge on any atom is 0.231 e. The summed E-state index contributed by atoms with van der Waals surface area (Å²) < 4.78 is 0. The van der Waals surface area contributed by atoms with Gasteiger partial charge in [0.1, 0.15) is 0 Å². The van der Waals surface area contributed by atoms with Crippen LogP contribution in [0.15, 0.2) is 36.5 Å². The number of nitriles is 1. The molecule has 2 aromatic rings. The molecule has 0 spiro atoms. The number of amides is 1. The van der Waals surface area contributed by atoms with Crippen LogP contribution >= 0.6 is 0 Å². The molecular weight excluding hydrogens is 304 g/mol. The number of rotatable bonds is 2. The Morgan fingerprint density at radius 3 is 2.92 bits per heavy atom. The number of hydrogen-bond acceptors (Lipinski definition) is 5. The van der Waals surface area contributed by atoms with E-state index in [1.807, 2.05) is 13.0 Å². The van der Waals surface area contributed by atoms with Crippen LogP contribution in [0.5, 0.6) is 0 Å². The van der Waals surface area contributed by atoms with Crippen molar-refractivity contribution >= 4 is 11.9 Å². The Morgan fingerprint density at radius 2 is 2.21 bits per heavy atom. The van der Waals surface area contributed by atoms with Gasteiger partial charge in [0, 0.05) is 18.8 Å². The Kier molecular flexibility index (Phi) is 3.73.